The Morgan fingerprint density at radius 2 is 1.57 bits per heavy atom. The van der Waals surface area contributed by atoms with Crippen LogP contribution in [0.1, 0.15) is 26.4 Å². The molecule has 0 aliphatic carbocycles. The lowest BCUT2D eigenvalue weighted by molar-refractivity contribution is 0.102. The Morgan fingerprint density at radius 1 is 0.811 bits per heavy atom. The number of nitrogens with zero attached hydrogens (tertiary/aromatic N) is 3. The number of amides is 2. The van der Waals surface area contributed by atoms with E-state index in [1.165, 1.54) is 0 Å². The fraction of sp³-hybridized carbons (Fsp3) is 0.172. The SMILES string of the molecule is Cc1cccc(NC(=O)c2ccccc2NC(=O)c2cc(NCCN(C)C)nc(-c3ccccc3)n2)c1. The number of hydrogen-bond donors (Lipinski definition) is 3. The molecule has 1 heterocycles. The third-order valence-corrected chi connectivity index (χ3v) is 5.55. The summed E-state index contributed by atoms with van der Waals surface area (Å²) in [4.78, 5) is 37.5. The predicted octanol–water partition coefficient (Wildman–Crippen LogP) is 4.93. The van der Waals surface area contributed by atoms with Gasteiger partial charge in [-0.1, -0.05) is 54.6 Å². The number of benzene rings is 3. The molecule has 4 aromatic rings. The first-order valence-electron chi connectivity index (χ1n) is 12.0. The van der Waals surface area contributed by atoms with Gasteiger partial charge in [-0.25, -0.2) is 9.97 Å². The molecule has 0 spiro atoms. The van der Waals surface area contributed by atoms with Gasteiger partial charge in [-0.05, 0) is 50.8 Å². The van der Waals surface area contributed by atoms with Crippen LogP contribution >= 0.6 is 0 Å². The van der Waals surface area contributed by atoms with Crippen LogP contribution < -0.4 is 16.0 Å². The Labute approximate surface area is 216 Å². The predicted molar refractivity (Wildman–Crippen MR) is 148 cm³/mol. The molecule has 0 aliphatic rings. The molecular formula is C29H30N6O2. The van der Waals surface area contributed by atoms with Crippen LogP contribution in [0.3, 0.4) is 0 Å². The van der Waals surface area contributed by atoms with Crippen LogP contribution in [-0.4, -0.2) is 53.9 Å². The highest BCUT2D eigenvalue weighted by Gasteiger charge is 2.17. The minimum absolute atomic E-state index is 0.190. The van der Waals surface area contributed by atoms with Gasteiger partial charge in [0.25, 0.3) is 11.8 Å². The highest BCUT2D eigenvalue weighted by atomic mass is 16.2. The van der Waals surface area contributed by atoms with Gasteiger partial charge in [-0.15, -0.1) is 0 Å². The number of likely N-dealkylation sites (N-methyl/N-ethyl adjacent to an activating group) is 1. The van der Waals surface area contributed by atoms with Crippen LogP contribution in [0.25, 0.3) is 11.4 Å². The molecule has 3 aromatic carbocycles. The summed E-state index contributed by atoms with van der Waals surface area (Å²) in [6.07, 6.45) is 0. The van der Waals surface area contributed by atoms with Gasteiger partial charge in [0.1, 0.15) is 11.5 Å². The second-order valence-corrected chi connectivity index (χ2v) is 8.88. The molecular weight excluding hydrogens is 464 g/mol. The lowest BCUT2D eigenvalue weighted by Gasteiger charge is -2.14. The first-order chi connectivity index (χ1) is 17.9. The highest BCUT2D eigenvalue weighted by Crippen LogP contribution is 2.21. The number of nitrogens with one attached hydrogen (secondary N) is 3. The summed E-state index contributed by atoms with van der Waals surface area (Å²) in [7, 11) is 3.98. The Balaban J connectivity index is 1.59. The fourth-order valence-electron chi connectivity index (χ4n) is 3.68. The number of hydrogen-bond acceptors (Lipinski definition) is 6. The van der Waals surface area contributed by atoms with Gasteiger partial charge in [0.05, 0.1) is 11.3 Å². The van der Waals surface area contributed by atoms with Crippen molar-refractivity contribution in [3.05, 3.63) is 102 Å². The van der Waals surface area contributed by atoms with Crippen molar-refractivity contribution in [1.29, 1.82) is 0 Å². The zero-order chi connectivity index (χ0) is 26.2. The van der Waals surface area contributed by atoms with E-state index in [0.717, 1.165) is 17.7 Å². The van der Waals surface area contributed by atoms with E-state index in [0.29, 0.717) is 35.1 Å². The molecule has 0 bridgehead atoms. The Bertz CT molecular complexity index is 1390. The molecule has 1 aromatic heterocycles. The van der Waals surface area contributed by atoms with Crippen molar-refractivity contribution in [2.24, 2.45) is 0 Å². The number of aryl methyl sites for hydroxylation is 1. The number of aromatic nitrogens is 2. The van der Waals surface area contributed by atoms with Gasteiger partial charge in [0.2, 0.25) is 0 Å². The van der Waals surface area contributed by atoms with Crippen LogP contribution in [0.15, 0.2) is 84.9 Å². The molecule has 0 radical (unpaired) electrons. The van der Waals surface area contributed by atoms with E-state index in [4.69, 9.17) is 0 Å². The van der Waals surface area contributed by atoms with E-state index in [1.807, 2.05) is 75.6 Å². The lowest BCUT2D eigenvalue weighted by atomic mass is 10.1. The number of para-hydroxylation sites is 1. The second kappa shape index (κ2) is 11.9. The first-order valence-corrected chi connectivity index (χ1v) is 12.0. The lowest BCUT2D eigenvalue weighted by Crippen LogP contribution is -2.22. The van der Waals surface area contributed by atoms with E-state index in [-0.39, 0.29) is 11.6 Å². The van der Waals surface area contributed by atoms with Gasteiger partial charge in [0.15, 0.2) is 5.82 Å². The van der Waals surface area contributed by atoms with Gasteiger partial charge in [-0.2, -0.15) is 0 Å². The van der Waals surface area contributed by atoms with Gasteiger partial charge >= 0.3 is 0 Å². The van der Waals surface area contributed by atoms with Crippen molar-refractivity contribution in [3.63, 3.8) is 0 Å². The maximum absolute atomic E-state index is 13.3. The second-order valence-electron chi connectivity index (χ2n) is 8.88. The summed E-state index contributed by atoms with van der Waals surface area (Å²) in [6.45, 7) is 3.41. The summed E-state index contributed by atoms with van der Waals surface area (Å²) >= 11 is 0. The van der Waals surface area contributed by atoms with E-state index in [1.54, 1.807) is 30.3 Å². The number of carbonyl (C=O) groups excluding carboxylic acids is 2. The minimum Gasteiger partial charge on any atom is -0.369 e. The minimum atomic E-state index is -0.439. The van der Waals surface area contributed by atoms with Crippen molar-refractivity contribution >= 4 is 29.0 Å². The summed E-state index contributed by atoms with van der Waals surface area (Å²) in [6, 6.07) is 25.5. The van der Waals surface area contributed by atoms with Crippen molar-refractivity contribution in [3.8, 4) is 11.4 Å². The zero-order valence-electron chi connectivity index (χ0n) is 21.2. The largest absolute Gasteiger partial charge is 0.369 e. The summed E-state index contributed by atoms with van der Waals surface area (Å²) < 4.78 is 0. The standard InChI is InChI=1S/C29H30N6O2/c1-20-10-9-13-22(18-20)31-28(36)23-14-7-8-15-24(23)33-29(37)25-19-26(30-16-17-35(2)3)34-27(32-25)21-11-5-4-6-12-21/h4-15,18-19H,16-17H2,1-3H3,(H,31,36)(H,33,37)(H,30,32,34). The van der Waals surface area contributed by atoms with Crippen LogP contribution in [-0.2, 0) is 0 Å². The average molecular weight is 495 g/mol. The van der Waals surface area contributed by atoms with Crippen molar-refractivity contribution in [2.45, 2.75) is 6.92 Å². The van der Waals surface area contributed by atoms with Crippen LogP contribution in [0, 0.1) is 6.92 Å². The van der Waals surface area contributed by atoms with Crippen molar-refractivity contribution < 1.29 is 9.59 Å². The van der Waals surface area contributed by atoms with Crippen LogP contribution in [0.4, 0.5) is 17.2 Å². The molecule has 8 nitrogen and oxygen atoms in total. The van der Waals surface area contributed by atoms with Crippen molar-refractivity contribution in [1.82, 2.24) is 14.9 Å². The Hall–Kier alpha value is -4.56. The normalized spacial score (nSPS) is 10.7. The number of anilines is 3. The molecule has 0 saturated heterocycles. The van der Waals surface area contributed by atoms with Crippen molar-refractivity contribution in [2.75, 3.05) is 43.1 Å². The zero-order valence-corrected chi connectivity index (χ0v) is 21.2. The molecule has 0 fully saturated rings. The summed E-state index contributed by atoms with van der Waals surface area (Å²) in [5.74, 6) is 0.226. The van der Waals surface area contributed by atoms with Gasteiger partial charge in [-0.3, -0.25) is 9.59 Å². The summed E-state index contributed by atoms with van der Waals surface area (Å²) in [5.41, 5.74) is 3.44. The van der Waals surface area contributed by atoms with Crippen LogP contribution in [0.5, 0.6) is 0 Å². The Kier molecular flexibility index (Phi) is 8.22. The summed E-state index contributed by atoms with van der Waals surface area (Å²) in [5, 5.41) is 9.02. The van der Waals surface area contributed by atoms with E-state index < -0.39 is 5.91 Å². The molecule has 0 atom stereocenters. The Morgan fingerprint density at radius 3 is 2.32 bits per heavy atom. The molecule has 0 aliphatic heterocycles. The third kappa shape index (κ3) is 6.99. The molecule has 4 rings (SSSR count). The van der Waals surface area contributed by atoms with E-state index in [2.05, 4.69) is 30.8 Å². The third-order valence-electron chi connectivity index (χ3n) is 5.55. The molecule has 37 heavy (non-hydrogen) atoms. The highest BCUT2D eigenvalue weighted by molar-refractivity contribution is 6.12. The topological polar surface area (TPSA) is 99.2 Å². The molecule has 2 amide bonds. The molecule has 0 unspecified atom stereocenters. The molecule has 8 heteroatoms. The fourth-order valence-corrected chi connectivity index (χ4v) is 3.68. The quantitative estimate of drug-likeness (QED) is 0.305. The molecule has 0 saturated carbocycles. The number of rotatable bonds is 9. The average Bonchev–Trinajstić information content (AvgIpc) is 2.89. The van der Waals surface area contributed by atoms with Gasteiger partial charge < -0.3 is 20.9 Å². The molecule has 188 valence electrons. The van der Waals surface area contributed by atoms with E-state index >= 15 is 0 Å². The van der Waals surface area contributed by atoms with Crippen LogP contribution in [0.2, 0.25) is 0 Å². The van der Waals surface area contributed by atoms with E-state index in [9.17, 15) is 9.59 Å². The maximum atomic E-state index is 13.3. The maximum Gasteiger partial charge on any atom is 0.274 e. The smallest absolute Gasteiger partial charge is 0.274 e. The monoisotopic (exact) mass is 494 g/mol. The number of carbonyl (C=O) groups is 2. The first kappa shape index (κ1) is 25.5. The molecule has 3 N–H and O–H groups in total. The van der Waals surface area contributed by atoms with Gasteiger partial charge in [0, 0.05) is 30.4 Å².